The molecule has 0 aromatic heterocycles. The van der Waals surface area contributed by atoms with Crippen LogP contribution in [0.25, 0.3) is 0 Å². The van der Waals surface area contributed by atoms with Gasteiger partial charge in [0.25, 0.3) is 5.92 Å². The number of halogens is 2. The fourth-order valence-electron chi connectivity index (χ4n) is 8.66. The van der Waals surface area contributed by atoms with Crippen LogP contribution in [-0.4, -0.2) is 28.2 Å². The minimum atomic E-state index is -2.66. The third kappa shape index (κ3) is 3.34. The fraction of sp³-hybridized carbons (Fsp3) is 0.958. The molecule has 0 heterocycles. The van der Waals surface area contributed by atoms with Gasteiger partial charge in [0, 0.05) is 18.8 Å². The van der Waals surface area contributed by atoms with Gasteiger partial charge in [0.1, 0.15) is 0 Å². The molecule has 0 aliphatic heterocycles. The van der Waals surface area contributed by atoms with Gasteiger partial charge in [0.15, 0.2) is 0 Å². The standard InChI is InChI=1S/C24H38F2O3/c1-14(4-7-20(28)29)17-5-6-18-21-19(9-11-23(17,18)3)22(2)10-8-16(27)12-15(22)13-24(21,25)26/h14-19,21,27H,4-13H2,1-3H3,(H,28,29)/t14-,15+,16-,17-,18?,19?,21?,22+,23-/m1/s1. The maximum Gasteiger partial charge on any atom is 0.303 e. The van der Waals surface area contributed by atoms with Crippen molar-refractivity contribution in [3.63, 3.8) is 0 Å². The summed E-state index contributed by atoms with van der Waals surface area (Å²) in [5.41, 5.74) is -0.167. The van der Waals surface area contributed by atoms with Crippen molar-refractivity contribution in [3.05, 3.63) is 0 Å². The van der Waals surface area contributed by atoms with Gasteiger partial charge in [-0.1, -0.05) is 20.8 Å². The average Bonchev–Trinajstić information content (AvgIpc) is 2.98. The van der Waals surface area contributed by atoms with Gasteiger partial charge in [-0.2, -0.15) is 0 Å². The van der Waals surface area contributed by atoms with E-state index in [0.29, 0.717) is 18.8 Å². The van der Waals surface area contributed by atoms with Crippen molar-refractivity contribution in [2.45, 2.75) is 97.0 Å². The number of aliphatic hydroxyl groups excluding tert-OH is 1. The fourth-order valence-corrected chi connectivity index (χ4v) is 8.66. The Hall–Kier alpha value is -0.710. The number of hydrogen-bond acceptors (Lipinski definition) is 2. The van der Waals surface area contributed by atoms with E-state index in [1.165, 1.54) is 0 Å². The molecule has 5 heteroatoms. The molecule has 0 spiro atoms. The van der Waals surface area contributed by atoms with Crippen LogP contribution in [0.5, 0.6) is 0 Å². The number of rotatable bonds is 4. The minimum Gasteiger partial charge on any atom is -0.481 e. The summed E-state index contributed by atoms with van der Waals surface area (Å²) in [6.45, 7) is 6.60. The van der Waals surface area contributed by atoms with Gasteiger partial charge in [-0.15, -0.1) is 0 Å². The summed E-state index contributed by atoms with van der Waals surface area (Å²) in [4.78, 5) is 11.0. The number of aliphatic carboxylic acids is 1. The Labute approximate surface area is 173 Å². The minimum absolute atomic E-state index is 0.0400. The molecule has 0 radical (unpaired) electrons. The third-order valence-corrected chi connectivity index (χ3v) is 10.2. The van der Waals surface area contributed by atoms with Gasteiger partial charge in [-0.3, -0.25) is 4.79 Å². The molecular formula is C24H38F2O3. The molecule has 29 heavy (non-hydrogen) atoms. The van der Waals surface area contributed by atoms with Crippen molar-refractivity contribution in [1.82, 2.24) is 0 Å². The van der Waals surface area contributed by atoms with Crippen LogP contribution in [0.4, 0.5) is 8.78 Å². The molecule has 4 aliphatic carbocycles. The zero-order valence-corrected chi connectivity index (χ0v) is 18.2. The molecular weight excluding hydrogens is 374 g/mol. The Balaban J connectivity index is 1.60. The number of carboxylic acids is 1. The Morgan fingerprint density at radius 2 is 1.72 bits per heavy atom. The van der Waals surface area contributed by atoms with Gasteiger partial charge in [-0.25, -0.2) is 8.78 Å². The molecule has 3 unspecified atom stereocenters. The Kier molecular flexibility index (Phi) is 5.32. The Morgan fingerprint density at radius 3 is 2.41 bits per heavy atom. The second-order valence-electron chi connectivity index (χ2n) is 11.5. The van der Waals surface area contributed by atoms with Crippen molar-refractivity contribution in [1.29, 1.82) is 0 Å². The molecule has 2 N–H and O–H groups in total. The Bertz CT molecular complexity index is 652. The molecule has 4 saturated carbocycles. The van der Waals surface area contributed by atoms with Gasteiger partial charge in [0.05, 0.1) is 6.10 Å². The first-order valence-electron chi connectivity index (χ1n) is 11.8. The third-order valence-electron chi connectivity index (χ3n) is 10.2. The molecule has 4 fully saturated rings. The van der Waals surface area contributed by atoms with Crippen molar-refractivity contribution in [2.24, 2.45) is 46.3 Å². The van der Waals surface area contributed by atoms with Crippen molar-refractivity contribution in [2.75, 3.05) is 0 Å². The normalized spacial score (nSPS) is 49.6. The smallest absolute Gasteiger partial charge is 0.303 e. The maximum atomic E-state index is 15.6. The lowest BCUT2D eigenvalue weighted by Gasteiger charge is -2.63. The first-order chi connectivity index (χ1) is 13.5. The van der Waals surface area contributed by atoms with Crippen LogP contribution < -0.4 is 0 Å². The number of carbonyl (C=O) groups is 1. The molecule has 0 aromatic rings. The largest absolute Gasteiger partial charge is 0.481 e. The second kappa shape index (κ2) is 7.17. The van der Waals surface area contributed by atoms with Gasteiger partial charge in [-0.05, 0) is 91.8 Å². The predicted molar refractivity (Wildman–Crippen MR) is 108 cm³/mol. The first-order valence-corrected chi connectivity index (χ1v) is 11.8. The summed E-state index contributed by atoms with van der Waals surface area (Å²) in [5, 5.41) is 19.2. The molecule has 3 nitrogen and oxygen atoms in total. The van der Waals surface area contributed by atoms with Crippen molar-refractivity contribution < 1.29 is 23.8 Å². The quantitative estimate of drug-likeness (QED) is 0.618. The van der Waals surface area contributed by atoms with E-state index in [0.717, 1.165) is 38.5 Å². The van der Waals surface area contributed by atoms with E-state index in [9.17, 15) is 9.90 Å². The number of carboxylic acid groups (broad SMARTS) is 1. The lowest BCUT2D eigenvalue weighted by atomic mass is 9.43. The van der Waals surface area contributed by atoms with Gasteiger partial charge in [0.2, 0.25) is 0 Å². The Morgan fingerprint density at radius 1 is 1.07 bits per heavy atom. The monoisotopic (exact) mass is 412 g/mol. The molecule has 0 saturated heterocycles. The molecule has 9 atom stereocenters. The van der Waals surface area contributed by atoms with E-state index >= 15 is 8.78 Å². The topological polar surface area (TPSA) is 57.5 Å². The van der Waals surface area contributed by atoms with Crippen LogP contribution in [0.1, 0.15) is 85.0 Å². The second-order valence-corrected chi connectivity index (χ2v) is 11.5. The number of hydrogen-bond donors (Lipinski definition) is 2. The van der Waals surface area contributed by atoms with Crippen molar-refractivity contribution in [3.8, 4) is 0 Å². The van der Waals surface area contributed by atoms with E-state index in [1.54, 1.807) is 0 Å². The molecule has 0 amide bonds. The highest BCUT2D eigenvalue weighted by molar-refractivity contribution is 5.66. The van der Waals surface area contributed by atoms with Gasteiger partial charge >= 0.3 is 5.97 Å². The number of aliphatic hydroxyl groups is 1. The highest BCUT2D eigenvalue weighted by atomic mass is 19.3. The highest BCUT2D eigenvalue weighted by Crippen LogP contribution is 2.71. The zero-order chi connectivity index (χ0) is 21.2. The lowest BCUT2D eigenvalue weighted by molar-refractivity contribution is -0.238. The summed E-state index contributed by atoms with van der Waals surface area (Å²) in [5.74, 6) is -3.33. The highest BCUT2D eigenvalue weighted by Gasteiger charge is 2.68. The summed E-state index contributed by atoms with van der Waals surface area (Å²) in [6.07, 6.45) is 6.16. The molecule has 4 rings (SSSR count). The molecule has 166 valence electrons. The number of alkyl halides is 2. The van der Waals surface area contributed by atoms with Crippen LogP contribution >= 0.6 is 0 Å². The van der Waals surface area contributed by atoms with E-state index in [-0.39, 0.29) is 47.3 Å². The molecule has 0 bridgehead atoms. The SMILES string of the molecule is C[C@H](CCC(=O)O)[C@H]1CCC2C3C(CC[C@@]21C)[C@@]1(C)CC[C@@H](O)C[C@H]1CC3(F)F. The maximum absolute atomic E-state index is 15.6. The van der Waals surface area contributed by atoms with Crippen molar-refractivity contribution >= 4 is 5.97 Å². The van der Waals surface area contributed by atoms with E-state index in [2.05, 4.69) is 20.8 Å². The van der Waals surface area contributed by atoms with E-state index in [1.807, 2.05) is 0 Å². The summed E-state index contributed by atoms with van der Waals surface area (Å²) >= 11 is 0. The van der Waals surface area contributed by atoms with E-state index < -0.39 is 23.9 Å². The van der Waals surface area contributed by atoms with Gasteiger partial charge < -0.3 is 10.2 Å². The van der Waals surface area contributed by atoms with Crippen LogP contribution in [0.3, 0.4) is 0 Å². The summed E-state index contributed by atoms with van der Waals surface area (Å²) < 4.78 is 31.3. The summed E-state index contributed by atoms with van der Waals surface area (Å²) in [6, 6.07) is 0. The van der Waals surface area contributed by atoms with Crippen LogP contribution in [0.2, 0.25) is 0 Å². The van der Waals surface area contributed by atoms with E-state index in [4.69, 9.17) is 5.11 Å². The summed E-state index contributed by atoms with van der Waals surface area (Å²) in [7, 11) is 0. The zero-order valence-electron chi connectivity index (χ0n) is 18.2. The average molecular weight is 413 g/mol. The molecule has 0 aromatic carbocycles. The number of fused-ring (bicyclic) bond motifs is 5. The first kappa shape index (κ1) is 21.5. The van der Waals surface area contributed by atoms with Crippen LogP contribution in [-0.2, 0) is 4.79 Å². The molecule has 4 aliphatic rings. The van der Waals surface area contributed by atoms with Crippen LogP contribution in [0.15, 0.2) is 0 Å². The van der Waals surface area contributed by atoms with Crippen LogP contribution in [0, 0.1) is 46.3 Å². The predicted octanol–water partition coefficient (Wildman–Crippen LogP) is 5.75. The lowest BCUT2D eigenvalue weighted by Crippen LogP contribution is -2.61.